The quantitative estimate of drug-likeness (QED) is 0.781. The lowest BCUT2D eigenvalue weighted by Gasteiger charge is -2.08. The minimum Gasteiger partial charge on any atom is -0.408 e. The number of hydrogen-bond donors (Lipinski definition) is 2. The minimum atomic E-state index is -0.169. The molecule has 1 atom stereocenters. The van der Waals surface area contributed by atoms with Crippen LogP contribution in [0.15, 0.2) is 4.42 Å². The van der Waals surface area contributed by atoms with Crippen molar-refractivity contribution in [3.8, 4) is 0 Å². The number of amides is 1. The van der Waals surface area contributed by atoms with Crippen molar-refractivity contribution in [2.75, 3.05) is 5.32 Å². The van der Waals surface area contributed by atoms with E-state index in [4.69, 9.17) is 10.2 Å². The summed E-state index contributed by atoms with van der Waals surface area (Å²) in [5.41, 5.74) is 5.77. The number of nitrogens with two attached hydrogens (primary N) is 1. The first kappa shape index (κ1) is 12.0. The third-order valence-corrected chi connectivity index (χ3v) is 2.72. The first-order valence-corrected chi connectivity index (χ1v) is 6.08. The summed E-state index contributed by atoms with van der Waals surface area (Å²) in [4.78, 5) is 11.6. The molecule has 1 amide bonds. The van der Waals surface area contributed by atoms with E-state index in [1.165, 1.54) is 0 Å². The van der Waals surface area contributed by atoms with Gasteiger partial charge in [-0.05, 0) is 19.3 Å². The fourth-order valence-electron chi connectivity index (χ4n) is 1.66. The molecular formula is C11H18N4O2. The van der Waals surface area contributed by atoms with E-state index in [2.05, 4.69) is 15.5 Å². The lowest BCUT2D eigenvalue weighted by Crippen LogP contribution is -2.26. The van der Waals surface area contributed by atoms with Crippen LogP contribution in [0.25, 0.3) is 0 Å². The van der Waals surface area contributed by atoms with Gasteiger partial charge in [-0.25, -0.2) is 0 Å². The molecule has 0 bridgehead atoms. The Kier molecular flexibility index (Phi) is 3.73. The van der Waals surface area contributed by atoms with Gasteiger partial charge >= 0.3 is 6.01 Å². The van der Waals surface area contributed by atoms with E-state index < -0.39 is 0 Å². The van der Waals surface area contributed by atoms with Gasteiger partial charge < -0.3 is 10.2 Å². The molecule has 17 heavy (non-hydrogen) atoms. The predicted octanol–water partition coefficient (Wildman–Crippen LogP) is 1.40. The van der Waals surface area contributed by atoms with Crippen LogP contribution in [-0.4, -0.2) is 22.1 Å². The summed E-state index contributed by atoms with van der Waals surface area (Å²) in [6.07, 6.45) is 4.29. The van der Waals surface area contributed by atoms with Crippen LogP contribution in [0.4, 0.5) is 6.01 Å². The van der Waals surface area contributed by atoms with Crippen molar-refractivity contribution in [2.24, 2.45) is 5.73 Å². The lowest BCUT2D eigenvalue weighted by molar-refractivity contribution is -0.116. The second kappa shape index (κ2) is 5.27. The molecule has 6 heteroatoms. The van der Waals surface area contributed by atoms with Gasteiger partial charge in [0.25, 0.3) is 0 Å². The Hall–Kier alpha value is -1.43. The summed E-state index contributed by atoms with van der Waals surface area (Å²) in [6.45, 7) is 2.04. The smallest absolute Gasteiger partial charge is 0.322 e. The maximum absolute atomic E-state index is 11.6. The molecule has 1 heterocycles. The number of carbonyl (C=O) groups excluding carboxylic acids is 1. The third-order valence-electron chi connectivity index (χ3n) is 2.72. The number of hydrogen-bond acceptors (Lipinski definition) is 5. The van der Waals surface area contributed by atoms with Gasteiger partial charge in [-0.2, -0.15) is 0 Å². The largest absolute Gasteiger partial charge is 0.408 e. The molecule has 1 aromatic heterocycles. The highest BCUT2D eigenvalue weighted by Gasteiger charge is 2.29. The summed E-state index contributed by atoms with van der Waals surface area (Å²) in [6, 6.07) is 0.0754. The second-order valence-corrected chi connectivity index (χ2v) is 4.52. The van der Waals surface area contributed by atoms with Crippen LogP contribution in [0.2, 0.25) is 0 Å². The molecule has 0 radical (unpaired) electrons. The first-order valence-electron chi connectivity index (χ1n) is 6.08. The van der Waals surface area contributed by atoms with Crippen LogP contribution in [0.1, 0.15) is 50.8 Å². The fourth-order valence-corrected chi connectivity index (χ4v) is 1.66. The van der Waals surface area contributed by atoms with E-state index in [0.29, 0.717) is 11.8 Å². The van der Waals surface area contributed by atoms with Crippen LogP contribution in [0.3, 0.4) is 0 Å². The predicted molar refractivity (Wildman–Crippen MR) is 62.4 cm³/mol. The Labute approximate surface area is 100.0 Å². The molecule has 0 saturated heterocycles. The molecule has 0 aromatic carbocycles. The molecule has 2 rings (SSSR count). The number of nitrogens with one attached hydrogen (secondary N) is 1. The third kappa shape index (κ3) is 3.52. The normalized spacial score (nSPS) is 16.8. The van der Waals surface area contributed by atoms with Gasteiger partial charge in [-0.3, -0.25) is 10.1 Å². The molecule has 0 aliphatic heterocycles. The fraction of sp³-hybridized carbons (Fsp3) is 0.727. The minimum absolute atomic E-state index is 0.106. The molecule has 3 N–H and O–H groups in total. The van der Waals surface area contributed by atoms with E-state index >= 15 is 0 Å². The maximum Gasteiger partial charge on any atom is 0.322 e. The molecule has 94 valence electrons. The number of anilines is 1. The average molecular weight is 238 g/mol. The number of rotatable bonds is 6. The maximum atomic E-state index is 11.6. The number of aromatic nitrogens is 2. The van der Waals surface area contributed by atoms with Crippen molar-refractivity contribution in [3.63, 3.8) is 0 Å². The Morgan fingerprint density at radius 2 is 2.35 bits per heavy atom. The molecule has 1 saturated carbocycles. The van der Waals surface area contributed by atoms with Crippen molar-refractivity contribution in [1.82, 2.24) is 10.2 Å². The van der Waals surface area contributed by atoms with Crippen molar-refractivity contribution in [3.05, 3.63) is 5.89 Å². The summed E-state index contributed by atoms with van der Waals surface area (Å²) in [7, 11) is 0. The SMILES string of the molecule is CCCC(N)CC(=O)Nc1nnc(C2CC2)o1. The van der Waals surface area contributed by atoms with Crippen LogP contribution in [0, 0.1) is 0 Å². The molecule has 0 spiro atoms. The highest BCUT2D eigenvalue weighted by atomic mass is 16.4. The summed E-state index contributed by atoms with van der Waals surface area (Å²) in [5.74, 6) is 0.852. The highest BCUT2D eigenvalue weighted by molar-refractivity contribution is 5.88. The molecule has 1 fully saturated rings. The zero-order valence-corrected chi connectivity index (χ0v) is 9.98. The number of carbonyl (C=O) groups is 1. The van der Waals surface area contributed by atoms with Gasteiger partial charge in [-0.1, -0.05) is 18.4 Å². The Balaban J connectivity index is 1.80. The van der Waals surface area contributed by atoms with Crippen LogP contribution < -0.4 is 11.1 Å². The van der Waals surface area contributed by atoms with Crippen LogP contribution in [-0.2, 0) is 4.79 Å². The Bertz CT molecular complexity index is 387. The zero-order chi connectivity index (χ0) is 12.3. The summed E-state index contributed by atoms with van der Waals surface area (Å²) >= 11 is 0. The van der Waals surface area contributed by atoms with Gasteiger partial charge in [0.05, 0.1) is 0 Å². The molecule has 1 unspecified atom stereocenters. The van der Waals surface area contributed by atoms with E-state index in [-0.39, 0.29) is 24.4 Å². The summed E-state index contributed by atoms with van der Waals surface area (Å²) < 4.78 is 5.32. The van der Waals surface area contributed by atoms with Crippen molar-refractivity contribution < 1.29 is 9.21 Å². The Morgan fingerprint density at radius 3 is 3.00 bits per heavy atom. The molecule has 1 aromatic rings. The van der Waals surface area contributed by atoms with E-state index in [0.717, 1.165) is 25.7 Å². The van der Waals surface area contributed by atoms with Crippen molar-refractivity contribution in [1.29, 1.82) is 0 Å². The Morgan fingerprint density at radius 1 is 1.59 bits per heavy atom. The van der Waals surface area contributed by atoms with Crippen molar-refractivity contribution >= 4 is 11.9 Å². The van der Waals surface area contributed by atoms with Crippen molar-refractivity contribution in [2.45, 2.75) is 51.0 Å². The van der Waals surface area contributed by atoms with E-state index in [1.54, 1.807) is 0 Å². The summed E-state index contributed by atoms with van der Waals surface area (Å²) in [5, 5.41) is 10.2. The number of nitrogens with zero attached hydrogens (tertiary/aromatic N) is 2. The highest BCUT2D eigenvalue weighted by Crippen LogP contribution is 2.39. The second-order valence-electron chi connectivity index (χ2n) is 4.52. The van der Waals surface area contributed by atoms with Gasteiger partial charge in [0.15, 0.2) is 0 Å². The zero-order valence-electron chi connectivity index (χ0n) is 9.98. The average Bonchev–Trinajstić information content (AvgIpc) is 3.01. The van der Waals surface area contributed by atoms with Crippen LogP contribution >= 0.6 is 0 Å². The van der Waals surface area contributed by atoms with E-state index in [9.17, 15) is 4.79 Å². The van der Waals surface area contributed by atoms with E-state index in [1.807, 2.05) is 6.92 Å². The van der Waals surface area contributed by atoms with Crippen LogP contribution in [0.5, 0.6) is 0 Å². The topological polar surface area (TPSA) is 94.0 Å². The monoisotopic (exact) mass is 238 g/mol. The molecule has 6 nitrogen and oxygen atoms in total. The van der Waals surface area contributed by atoms with Gasteiger partial charge in [0, 0.05) is 18.4 Å². The lowest BCUT2D eigenvalue weighted by atomic mass is 10.1. The van der Waals surface area contributed by atoms with Gasteiger partial charge in [-0.15, -0.1) is 5.10 Å². The standard InChI is InChI=1S/C11H18N4O2/c1-2-3-8(12)6-9(16)13-11-15-14-10(17-11)7-4-5-7/h7-8H,2-6,12H2,1H3,(H,13,15,16). The van der Waals surface area contributed by atoms with Gasteiger partial charge in [0.2, 0.25) is 11.8 Å². The first-order chi connectivity index (χ1) is 8.19. The van der Waals surface area contributed by atoms with Gasteiger partial charge in [0.1, 0.15) is 0 Å². The molecule has 1 aliphatic rings. The molecule has 1 aliphatic carbocycles. The molecular weight excluding hydrogens is 220 g/mol.